The van der Waals surface area contributed by atoms with E-state index in [4.69, 9.17) is 5.73 Å². The molecule has 0 aliphatic carbocycles. The smallest absolute Gasteiger partial charge is 0.258 e. The number of hydrogen-bond donors (Lipinski definition) is 1. The van der Waals surface area contributed by atoms with Crippen molar-refractivity contribution in [2.45, 2.75) is 4.90 Å². The number of fused-ring (bicyclic) bond motifs is 1. The van der Waals surface area contributed by atoms with Crippen molar-refractivity contribution in [3.63, 3.8) is 0 Å². The molecule has 0 saturated carbocycles. The highest BCUT2D eigenvalue weighted by Gasteiger charge is 2.23. The van der Waals surface area contributed by atoms with Crippen LogP contribution in [0.1, 0.15) is 10.4 Å². The first kappa shape index (κ1) is 13.5. The number of amides is 1. The number of nitrogen functional groups attached to an aromatic ring is 1. The van der Waals surface area contributed by atoms with Crippen molar-refractivity contribution in [1.29, 1.82) is 0 Å². The minimum Gasteiger partial charge on any atom is -0.398 e. The van der Waals surface area contributed by atoms with Crippen LogP contribution in [0.3, 0.4) is 0 Å². The molecule has 1 aliphatic heterocycles. The van der Waals surface area contributed by atoms with Crippen LogP contribution >= 0.6 is 27.7 Å². The lowest BCUT2D eigenvalue weighted by atomic mass is 10.1. The Kier molecular flexibility index (Phi) is 3.72. The summed E-state index contributed by atoms with van der Waals surface area (Å²) in [5, 5.41) is 0. The number of benzene rings is 2. The summed E-state index contributed by atoms with van der Waals surface area (Å²) < 4.78 is 0.809. The average Bonchev–Trinajstić information content (AvgIpc) is 2.49. The molecule has 0 atom stereocenters. The minimum atomic E-state index is -0.00282. The Morgan fingerprint density at radius 1 is 1.25 bits per heavy atom. The highest BCUT2D eigenvalue weighted by Crippen LogP contribution is 2.35. The fraction of sp³-hybridized carbons (Fsp3) is 0.133. The van der Waals surface area contributed by atoms with Gasteiger partial charge in [0.25, 0.3) is 5.91 Å². The van der Waals surface area contributed by atoms with Crippen molar-refractivity contribution >= 4 is 45.0 Å². The summed E-state index contributed by atoms with van der Waals surface area (Å²) in [5.41, 5.74) is 8.04. The van der Waals surface area contributed by atoms with Gasteiger partial charge in [-0.3, -0.25) is 4.79 Å². The van der Waals surface area contributed by atoms with Crippen LogP contribution in [-0.2, 0) is 0 Å². The zero-order valence-corrected chi connectivity index (χ0v) is 13.1. The number of carbonyl (C=O) groups excluding carboxylic acids is 1. The molecule has 1 amide bonds. The Labute approximate surface area is 130 Å². The van der Waals surface area contributed by atoms with Crippen LogP contribution in [-0.4, -0.2) is 18.2 Å². The van der Waals surface area contributed by atoms with Gasteiger partial charge in [-0.1, -0.05) is 12.1 Å². The van der Waals surface area contributed by atoms with Crippen LogP contribution in [0.2, 0.25) is 0 Å². The normalized spacial score (nSPS) is 13.9. The first-order valence-electron chi connectivity index (χ1n) is 6.25. The Bertz CT molecular complexity index is 675. The zero-order chi connectivity index (χ0) is 14.1. The van der Waals surface area contributed by atoms with Crippen molar-refractivity contribution in [3.8, 4) is 0 Å². The molecule has 1 heterocycles. The zero-order valence-electron chi connectivity index (χ0n) is 10.7. The summed E-state index contributed by atoms with van der Waals surface area (Å²) in [6.45, 7) is 0.719. The number of nitrogens with zero attached hydrogens (tertiary/aromatic N) is 1. The van der Waals surface area contributed by atoms with Gasteiger partial charge in [-0.25, -0.2) is 0 Å². The molecule has 0 spiro atoms. The predicted molar refractivity (Wildman–Crippen MR) is 87.4 cm³/mol. The summed E-state index contributed by atoms with van der Waals surface area (Å²) in [4.78, 5) is 15.6. The van der Waals surface area contributed by atoms with E-state index < -0.39 is 0 Å². The van der Waals surface area contributed by atoms with E-state index >= 15 is 0 Å². The quantitative estimate of drug-likeness (QED) is 0.797. The Morgan fingerprint density at radius 2 is 2.05 bits per heavy atom. The average molecular weight is 349 g/mol. The third-order valence-corrected chi connectivity index (χ3v) is 4.98. The largest absolute Gasteiger partial charge is 0.398 e. The molecule has 3 nitrogen and oxygen atoms in total. The van der Waals surface area contributed by atoms with Gasteiger partial charge in [-0.2, -0.15) is 0 Å². The van der Waals surface area contributed by atoms with Crippen molar-refractivity contribution in [2.24, 2.45) is 0 Å². The number of carbonyl (C=O) groups is 1. The fourth-order valence-electron chi connectivity index (χ4n) is 2.21. The molecular weight excluding hydrogens is 336 g/mol. The lowest BCUT2D eigenvalue weighted by Crippen LogP contribution is -2.35. The second kappa shape index (κ2) is 5.50. The Hall–Kier alpha value is -1.46. The molecule has 0 unspecified atom stereocenters. The number of anilines is 2. The predicted octanol–water partition coefficient (Wildman–Crippen LogP) is 3.78. The summed E-state index contributed by atoms with van der Waals surface area (Å²) >= 11 is 5.13. The Morgan fingerprint density at radius 3 is 2.85 bits per heavy atom. The Balaban J connectivity index is 1.97. The molecule has 20 heavy (non-hydrogen) atoms. The van der Waals surface area contributed by atoms with E-state index in [-0.39, 0.29) is 5.91 Å². The van der Waals surface area contributed by atoms with Gasteiger partial charge >= 0.3 is 0 Å². The van der Waals surface area contributed by atoms with Gasteiger partial charge in [-0.15, -0.1) is 11.8 Å². The fourth-order valence-corrected chi connectivity index (χ4v) is 3.45. The highest BCUT2D eigenvalue weighted by molar-refractivity contribution is 9.10. The van der Waals surface area contributed by atoms with Crippen LogP contribution in [0.4, 0.5) is 11.4 Å². The van der Waals surface area contributed by atoms with E-state index in [1.165, 1.54) is 0 Å². The van der Waals surface area contributed by atoms with Crippen LogP contribution in [0.5, 0.6) is 0 Å². The molecule has 1 aliphatic rings. The lowest BCUT2D eigenvalue weighted by Gasteiger charge is -2.29. The molecule has 2 aromatic rings. The number of thioether (sulfide) groups is 1. The van der Waals surface area contributed by atoms with Crippen LogP contribution in [0.25, 0.3) is 0 Å². The van der Waals surface area contributed by atoms with Gasteiger partial charge in [-0.05, 0) is 46.3 Å². The molecule has 5 heteroatoms. The third-order valence-electron chi connectivity index (χ3n) is 3.22. The van der Waals surface area contributed by atoms with Gasteiger partial charge in [0.1, 0.15) is 0 Å². The molecule has 0 radical (unpaired) electrons. The van der Waals surface area contributed by atoms with E-state index in [0.717, 1.165) is 27.4 Å². The van der Waals surface area contributed by atoms with Gasteiger partial charge < -0.3 is 10.6 Å². The number of halogens is 1. The lowest BCUT2D eigenvalue weighted by molar-refractivity contribution is 0.0987. The second-order valence-corrected chi connectivity index (χ2v) is 6.50. The summed E-state index contributed by atoms with van der Waals surface area (Å²) in [6.07, 6.45) is 0. The molecule has 2 aromatic carbocycles. The maximum Gasteiger partial charge on any atom is 0.258 e. The molecule has 0 aromatic heterocycles. The van der Waals surface area contributed by atoms with E-state index in [9.17, 15) is 4.79 Å². The van der Waals surface area contributed by atoms with Gasteiger partial charge in [0.05, 0.1) is 5.69 Å². The van der Waals surface area contributed by atoms with E-state index in [1.807, 2.05) is 29.2 Å². The topological polar surface area (TPSA) is 46.3 Å². The molecule has 2 N–H and O–H groups in total. The minimum absolute atomic E-state index is 0.00282. The molecular formula is C15H13BrN2OS. The van der Waals surface area contributed by atoms with E-state index in [1.54, 1.807) is 23.9 Å². The standard InChI is InChI=1S/C15H13BrN2OS/c16-11-6-5-10(9-12(11)17)15(19)18-7-8-20-14-4-2-1-3-13(14)18/h1-6,9H,7-8,17H2. The van der Waals surface area contributed by atoms with Crippen molar-refractivity contribution in [2.75, 3.05) is 22.9 Å². The van der Waals surface area contributed by atoms with Crippen molar-refractivity contribution < 1.29 is 4.79 Å². The molecule has 102 valence electrons. The maximum absolute atomic E-state index is 12.7. The van der Waals surface area contributed by atoms with Crippen molar-refractivity contribution in [1.82, 2.24) is 0 Å². The summed E-state index contributed by atoms with van der Waals surface area (Å²) in [7, 11) is 0. The highest BCUT2D eigenvalue weighted by atomic mass is 79.9. The summed E-state index contributed by atoms with van der Waals surface area (Å²) in [5.74, 6) is 0.909. The third kappa shape index (κ3) is 2.43. The monoisotopic (exact) mass is 348 g/mol. The number of hydrogen-bond acceptors (Lipinski definition) is 3. The SMILES string of the molecule is Nc1cc(C(=O)N2CCSc3ccccc32)ccc1Br. The second-order valence-electron chi connectivity index (χ2n) is 4.51. The van der Waals surface area contributed by atoms with Gasteiger partial charge in [0, 0.05) is 32.9 Å². The first-order valence-corrected chi connectivity index (χ1v) is 8.03. The van der Waals surface area contributed by atoms with Crippen molar-refractivity contribution in [3.05, 3.63) is 52.5 Å². The molecule has 0 saturated heterocycles. The summed E-state index contributed by atoms with van der Waals surface area (Å²) in [6, 6.07) is 13.3. The van der Waals surface area contributed by atoms with E-state index in [0.29, 0.717) is 11.3 Å². The number of nitrogens with two attached hydrogens (primary N) is 1. The first-order chi connectivity index (χ1) is 9.66. The van der Waals surface area contributed by atoms with E-state index in [2.05, 4.69) is 22.0 Å². The molecule has 3 rings (SSSR count). The van der Waals surface area contributed by atoms with Crippen LogP contribution in [0, 0.1) is 0 Å². The van der Waals surface area contributed by atoms with Gasteiger partial charge in [0.15, 0.2) is 0 Å². The number of para-hydroxylation sites is 1. The van der Waals surface area contributed by atoms with Crippen LogP contribution < -0.4 is 10.6 Å². The van der Waals surface area contributed by atoms with Gasteiger partial charge in [0.2, 0.25) is 0 Å². The maximum atomic E-state index is 12.7. The molecule has 0 fully saturated rings. The number of rotatable bonds is 1. The van der Waals surface area contributed by atoms with Crippen LogP contribution in [0.15, 0.2) is 51.8 Å². The molecule has 0 bridgehead atoms.